The van der Waals surface area contributed by atoms with E-state index in [0.717, 1.165) is 39.1 Å². The van der Waals surface area contributed by atoms with Crippen molar-refractivity contribution < 1.29 is 43.6 Å². The van der Waals surface area contributed by atoms with Gasteiger partial charge in [0.1, 0.15) is 0 Å². The molecule has 2 fully saturated rings. The predicted octanol–water partition coefficient (Wildman–Crippen LogP) is 5.84. The van der Waals surface area contributed by atoms with E-state index in [4.69, 9.17) is 13.8 Å². The number of benzene rings is 4. The van der Waals surface area contributed by atoms with Crippen molar-refractivity contribution in [2.45, 2.75) is 70.8 Å². The zero-order chi connectivity index (χ0) is 42.9. The van der Waals surface area contributed by atoms with Crippen LogP contribution in [0.3, 0.4) is 0 Å². The van der Waals surface area contributed by atoms with Crippen LogP contribution in [0.4, 0.5) is 5.69 Å². The summed E-state index contributed by atoms with van der Waals surface area (Å²) in [7, 11) is -4.46. The van der Waals surface area contributed by atoms with Crippen LogP contribution in [0, 0.1) is 21.3 Å². The zero-order valence-electron chi connectivity index (χ0n) is 34.7. The Morgan fingerprint density at radius 3 is 2.23 bits per heavy atom. The predicted molar refractivity (Wildman–Crippen MR) is 247 cm³/mol. The molecule has 4 N–H and O–H groups in total. The molecule has 0 spiro atoms. The van der Waals surface area contributed by atoms with Gasteiger partial charge in [-0.2, -0.15) is 0 Å². The van der Waals surface area contributed by atoms with E-state index in [9.17, 15) is 29.8 Å². The number of allylic oxidation sites excluding steroid dienone is 1. The molecule has 14 heteroatoms. The number of rotatable bonds is 13. The molecule has 312 valence electrons. The molecular weight excluding hydrogens is 887 g/mol. The van der Waals surface area contributed by atoms with E-state index in [1.807, 2.05) is 42.5 Å². The monoisotopic (exact) mass is 939 g/mol. The lowest BCUT2D eigenvalue weighted by Gasteiger charge is -2.46. The van der Waals surface area contributed by atoms with E-state index < -0.39 is 46.4 Å². The smallest absolute Gasteiger partial charge is 0.488 e. The Hall–Kier alpha value is -4.02. The van der Waals surface area contributed by atoms with Gasteiger partial charge < -0.3 is 34.0 Å². The summed E-state index contributed by atoms with van der Waals surface area (Å²) in [4.78, 5) is 30.3. The number of amides is 2. The van der Waals surface area contributed by atoms with Crippen molar-refractivity contribution in [3.05, 3.63) is 123 Å². The molecule has 60 heavy (non-hydrogen) atoms. The summed E-state index contributed by atoms with van der Waals surface area (Å²) in [6.07, 6.45) is 3.82. The van der Waals surface area contributed by atoms with Crippen LogP contribution in [0.1, 0.15) is 58.9 Å². The van der Waals surface area contributed by atoms with Crippen molar-refractivity contribution in [2.24, 2.45) is 17.8 Å². The maximum atomic E-state index is 14.6. The first-order chi connectivity index (χ1) is 28.7. The lowest BCUT2D eigenvalue weighted by atomic mass is 9.58. The van der Waals surface area contributed by atoms with Crippen molar-refractivity contribution >= 4 is 84.6 Å². The molecule has 4 aromatic carbocycles. The number of phenolic OH excluding ortho intramolecular Hbond substituents is 1. The number of carbonyl (C=O) groups excluding carboxylic acids is 2. The number of aromatic hydroxyl groups is 1. The van der Waals surface area contributed by atoms with Gasteiger partial charge >= 0.3 is 14.2 Å². The van der Waals surface area contributed by atoms with Crippen molar-refractivity contribution in [1.82, 2.24) is 0 Å². The first-order valence-electron chi connectivity index (χ1n) is 20.6. The number of phenols is 1. The average Bonchev–Trinajstić information content (AvgIpc) is 3.49. The standard InChI is InChI=1S/C46H52B2INO9Si/c1-6-29(22-30-23-38(49)43(51)40(24-30)57-5)20-21-39-41-31(28-58-60(46(2,3)4,34-16-9-7-10-17-34)35-18-11-8-12-19-35)25-36-42(37(41)27-47(54)59-39)45(53)50(44(36)52)33-15-13-14-32(26-33)48(55)56/h7-19,22-24,26,36-37,39,42,51,54-56H,6,20-21,25,27-28H2,1-5H3/b29-22+/t36-,37+,39-,42-/m1/s1. The number of halogens is 1. The van der Waals surface area contributed by atoms with Gasteiger partial charge in [0.2, 0.25) is 11.8 Å². The number of ether oxygens (including phenoxy) is 1. The van der Waals surface area contributed by atoms with E-state index in [1.165, 1.54) is 24.1 Å². The minimum Gasteiger partial charge on any atom is -0.504 e. The zero-order valence-corrected chi connectivity index (χ0v) is 37.8. The molecule has 2 amide bonds. The Kier molecular flexibility index (Phi) is 13.3. The number of methoxy groups -OCH3 is 1. The molecule has 2 saturated heterocycles. The average molecular weight is 940 g/mol. The van der Waals surface area contributed by atoms with Crippen molar-refractivity contribution in [3.8, 4) is 11.5 Å². The Balaban J connectivity index is 1.31. The van der Waals surface area contributed by atoms with Gasteiger partial charge in [-0.05, 0) is 122 Å². The topological polar surface area (TPSA) is 146 Å². The fraction of sp³-hybridized carbons (Fsp3) is 0.348. The Morgan fingerprint density at radius 1 is 0.967 bits per heavy atom. The van der Waals surface area contributed by atoms with Crippen molar-refractivity contribution in [2.75, 3.05) is 18.6 Å². The van der Waals surface area contributed by atoms with E-state index in [1.54, 1.807) is 18.2 Å². The van der Waals surface area contributed by atoms with Crippen LogP contribution in [0.15, 0.2) is 114 Å². The highest BCUT2D eigenvalue weighted by molar-refractivity contribution is 14.1. The summed E-state index contributed by atoms with van der Waals surface area (Å²) >= 11 is 2.09. The molecule has 4 atom stereocenters. The van der Waals surface area contributed by atoms with Crippen LogP contribution in [0.2, 0.25) is 11.4 Å². The van der Waals surface area contributed by atoms with E-state index in [-0.39, 0.29) is 53.1 Å². The SMILES string of the molecule is CC/C(=C\c1cc(I)c(O)c(OC)c1)CC[C@H]1OB(O)C[C@H]2C1=C(CO[Si](c1ccccc1)(c1ccccc1)C(C)(C)C)C[C@H]1C(=O)N(c3cccc(B(O)O)c3)C(=O)[C@H]12. The second-order valence-electron chi connectivity index (χ2n) is 17.0. The first-order valence-corrected chi connectivity index (χ1v) is 23.6. The second-order valence-corrected chi connectivity index (χ2v) is 22.5. The minimum atomic E-state index is -3.05. The van der Waals surface area contributed by atoms with Gasteiger partial charge in [0.25, 0.3) is 8.32 Å². The van der Waals surface area contributed by atoms with E-state index in [2.05, 4.69) is 80.6 Å². The van der Waals surface area contributed by atoms with Crippen LogP contribution >= 0.6 is 22.6 Å². The second kappa shape index (κ2) is 18.1. The van der Waals surface area contributed by atoms with Crippen molar-refractivity contribution in [3.63, 3.8) is 0 Å². The fourth-order valence-electron chi connectivity index (χ4n) is 9.67. The molecule has 3 aliphatic rings. The van der Waals surface area contributed by atoms with Crippen LogP contribution in [0.25, 0.3) is 6.08 Å². The van der Waals surface area contributed by atoms with Crippen LogP contribution < -0.4 is 25.5 Å². The number of nitrogens with zero attached hydrogens (tertiary/aromatic N) is 1. The van der Waals surface area contributed by atoms with Gasteiger partial charge in [-0.25, -0.2) is 0 Å². The summed E-state index contributed by atoms with van der Waals surface area (Å²) in [6.45, 7) is 8.95. The third-order valence-electron chi connectivity index (χ3n) is 12.4. The maximum absolute atomic E-state index is 14.6. The van der Waals surface area contributed by atoms with Crippen LogP contribution in [-0.4, -0.2) is 74.4 Å². The first kappa shape index (κ1) is 44.0. The lowest BCUT2D eigenvalue weighted by Crippen LogP contribution is -2.66. The molecule has 7 rings (SSSR count). The summed E-state index contributed by atoms with van der Waals surface area (Å²) in [5, 5.41) is 43.7. The molecule has 1 aliphatic carbocycles. The van der Waals surface area contributed by atoms with Gasteiger partial charge in [0.05, 0.1) is 40.9 Å². The van der Waals surface area contributed by atoms with Gasteiger partial charge in [-0.3, -0.25) is 14.5 Å². The van der Waals surface area contributed by atoms with Gasteiger partial charge in [0.15, 0.2) is 11.5 Å². The number of anilines is 1. The number of carbonyl (C=O) groups is 2. The Morgan fingerprint density at radius 2 is 1.63 bits per heavy atom. The quantitative estimate of drug-likeness (QED) is 0.0563. The Bertz CT molecular complexity index is 2240. The summed E-state index contributed by atoms with van der Waals surface area (Å²) in [5.41, 5.74) is 4.29. The van der Waals surface area contributed by atoms with E-state index in [0.29, 0.717) is 22.2 Å². The third kappa shape index (κ3) is 8.44. The molecule has 0 aromatic heterocycles. The molecule has 0 saturated carbocycles. The van der Waals surface area contributed by atoms with Crippen LogP contribution in [-0.2, 0) is 18.7 Å². The maximum Gasteiger partial charge on any atom is 0.488 e. The molecule has 2 heterocycles. The summed E-state index contributed by atoms with van der Waals surface area (Å²) in [6, 6.07) is 30.7. The number of fused-ring (bicyclic) bond motifs is 3. The van der Waals surface area contributed by atoms with E-state index >= 15 is 0 Å². The number of hydrogen-bond donors (Lipinski definition) is 4. The number of imide groups is 1. The minimum absolute atomic E-state index is 0.0940. The highest BCUT2D eigenvalue weighted by Gasteiger charge is 2.58. The molecule has 0 radical (unpaired) electrons. The van der Waals surface area contributed by atoms with Crippen molar-refractivity contribution in [1.29, 1.82) is 0 Å². The highest BCUT2D eigenvalue weighted by atomic mass is 127. The highest BCUT2D eigenvalue weighted by Crippen LogP contribution is 2.52. The molecular formula is C46H52B2INO9Si. The molecule has 4 aromatic rings. The molecule has 0 unspecified atom stereocenters. The van der Waals surface area contributed by atoms with Gasteiger partial charge in [-0.15, -0.1) is 0 Å². The van der Waals surface area contributed by atoms with Gasteiger partial charge in [-0.1, -0.05) is 112 Å². The summed E-state index contributed by atoms with van der Waals surface area (Å²) < 4.78 is 20.1. The molecule has 0 bridgehead atoms. The molecule has 10 nitrogen and oxygen atoms in total. The van der Waals surface area contributed by atoms with Crippen LogP contribution in [0.5, 0.6) is 11.5 Å². The molecule has 2 aliphatic heterocycles. The Labute approximate surface area is 367 Å². The number of hydrogen-bond acceptors (Lipinski definition) is 9. The lowest BCUT2D eigenvalue weighted by molar-refractivity contribution is -0.122. The summed E-state index contributed by atoms with van der Waals surface area (Å²) in [5.74, 6) is -2.21. The largest absolute Gasteiger partial charge is 0.504 e. The normalized spacial score (nSPS) is 21.0. The van der Waals surface area contributed by atoms with Gasteiger partial charge in [0, 0.05) is 0 Å². The third-order valence-corrected chi connectivity index (χ3v) is 18.2. The fourth-order valence-corrected chi connectivity index (χ4v) is 14.8.